The van der Waals surface area contributed by atoms with E-state index in [-0.39, 0.29) is 44.5 Å². The number of ether oxygens (including phenoxy) is 1. The molecule has 1 aliphatic heterocycles. The fourth-order valence-corrected chi connectivity index (χ4v) is 5.58. The molecule has 0 spiro atoms. The Labute approximate surface area is 289 Å². The SMILES string of the molecule is CC(=O)N1CCN(c2ccc(CN(C(=O)C=Cc3ccc(C(F)(F)F)cc3)C(Cc3ccccc3)C(=O)N(C)CCOCC(N)=O)cc2)CC1. The lowest BCUT2D eigenvalue weighted by Gasteiger charge is -2.36. The summed E-state index contributed by atoms with van der Waals surface area (Å²) in [5.41, 5.74) is 7.27. The number of carbonyl (C=O) groups is 4. The highest BCUT2D eigenvalue weighted by molar-refractivity contribution is 5.95. The lowest BCUT2D eigenvalue weighted by Crippen LogP contribution is -2.51. The largest absolute Gasteiger partial charge is 0.416 e. The van der Waals surface area contributed by atoms with Gasteiger partial charge in [-0.05, 0) is 47.0 Å². The summed E-state index contributed by atoms with van der Waals surface area (Å²) in [6.07, 6.45) is -1.63. The van der Waals surface area contributed by atoms with E-state index >= 15 is 0 Å². The number of benzene rings is 3. The average molecular weight is 694 g/mol. The molecule has 0 saturated carbocycles. The summed E-state index contributed by atoms with van der Waals surface area (Å²) < 4.78 is 44.6. The third-order valence-electron chi connectivity index (χ3n) is 8.44. The molecule has 3 aromatic rings. The minimum atomic E-state index is -4.49. The van der Waals surface area contributed by atoms with Crippen LogP contribution in [0.1, 0.15) is 29.2 Å². The number of alkyl halides is 3. The first kappa shape index (κ1) is 37.6. The summed E-state index contributed by atoms with van der Waals surface area (Å²) >= 11 is 0. The summed E-state index contributed by atoms with van der Waals surface area (Å²) in [5, 5.41) is 0. The Morgan fingerprint density at radius 3 is 2.12 bits per heavy atom. The van der Waals surface area contributed by atoms with Gasteiger partial charge in [-0.3, -0.25) is 19.2 Å². The third kappa shape index (κ3) is 10.9. The van der Waals surface area contributed by atoms with E-state index in [1.807, 2.05) is 54.6 Å². The molecule has 1 fully saturated rings. The van der Waals surface area contributed by atoms with Crippen LogP contribution >= 0.6 is 0 Å². The lowest BCUT2D eigenvalue weighted by atomic mass is 10.0. The van der Waals surface area contributed by atoms with E-state index in [0.29, 0.717) is 31.7 Å². The van der Waals surface area contributed by atoms with Crippen LogP contribution in [0.2, 0.25) is 0 Å². The van der Waals surface area contributed by atoms with E-state index in [1.165, 1.54) is 34.1 Å². The summed E-state index contributed by atoms with van der Waals surface area (Å²) in [5.74, 6) is -1.47. The number of primary amides is 1. The molecule has 4 amide bonds. The van der Waals surface area contributed by atoms with Crippen LogP contribution in [0, 0.1) is 0 Å². The molecule has 1 heterocycles. The fourth-order valence-electron chi connectivity index (χ4n) is 5.58. The Balaban J connectivity index is 1.62. The maximum atomic E-state index is 14.1. The van der Waals surface area contributed by atoms with Gasteiger partial charge in [0.2, 0.25) is 23.6 Å². The second-order valence-corrected chi connectivity index (χ2v) is 12.1. The molecule has 1 aliphatic rings. The molecule has 0 bridgehead atoms. The molecule has 266 valence electrons. The van der Waals surface area contributed by atoms with Crippen LogP contribution in [0.4, 0.5) is 18.9 Å². The number of hydrogen-bond acceptors (Lipinski definition) is 6. The van der Waals surface area contributed by atoms with Crippen LogP contribution in [0.3, 0.4) is 0 Å². The minimum Gasteiger partial charge on any atom is -0.370 e. The molecule has 50 heavy (non-hydrogen) atoms. The highest BCUT2D eigenvalue weighted by Crippen LogP contribution is 2.29. The van der Waals surface area contributed by atoms with Crippen LogP contribution in [0.15, 0.2) is 84.9 Å². The van der Waals surface area contributed by atoms with Gasteiger partial charge in [0.15, 0.2) is 0 Å². The molecule has 0 aliphatic carbocycles. The van der Waals surface area contributed by atoms with Gasteiger partial charge >= 0.3 is 6.18 Å². The van der Waals surface area contributed by atoms with Gasteiger partial charge in [0, 0.05) is 71.4 Å². The summed E-state index contributed by atoms with van der Waals surface area (Å²) in [6.45, 7) is 4.11. The van der Waals surface area contributed by atoms with E-state index < -0.39 is 29.6 Å². The first-order valence-electron chi connectivity index (χ1n) is 16.2. The number of likely N-dealkylation sites (N-methyl/N-ethyl adjacent to an activating group) is 1. The van der Waals surface area contributed by atoms with Gasteiger partial charge in [-0.2, -0.15) is 13.2 Å². The predicted octanol–water partition coefficient (Wildman–Crippen LogP) is 3.99. The standard InChI is InChI=1S/C37H42F3N5O5/c1-27(46)43-18-20-44(21-19-43)32-15-10-30(11-16-32)25-45(35(48)17-12-28-8-13-31(14-9-28)37(38,39)40)33(24-29-6-4-3-5-7-29)36(49)42(2)22-23-50-26-34(41)47/h3-17,33H,18-26H2,1-2H3,(H2,41,47). The summed E-state index contributed by atoms with van der Waals surface area (Å²) in [7, 11) is 1.58. The molecular formula is C37H42F3N5O5. The smallest absolute Gasteiger partial charge is 0.370 e. The van der Waals surface area contributed by atoms with Crippen LogP contribution in [-0.2, 0) is 43.1 Å². The van der Waals surface area contributed by atoms with Gasteiger partial charge < -0.3 is 30.1 Å². The highest BCUT2D eigenvalue weighted by atomic mass is 19.4. The fraction of sp³-hybridized carbons (Fsp3) is 0.351. The van der Waals surface area contributed by atoms with Gasteiger partial charge in [-0.1, -0.05) is 54.6 Å². The topological polar surface area (TPSA) is 116 Å². The molecule has 1 saturated heterocycles. The molecule has 2 N–H and O–H groups in total. The first-order chi connectivity index (χ1) is 23.8. The lowest BCUT2D eigenvalue weighted by molar-refractivity contribution is -0.143. The molecule has 3 aromatic carbocycles. The minimum absolute atomic E-state index is 0.0422. The molecule has 10 nitrogen and oxygen atoms in total. The van der Waals surface area contributed by atoms with Crippen molar-refractivity contribution in [3.63, 3.8) is 0 Å². The number of carbonyl (C=O) groups excluding carboxylic acids is 4. The van der Waals surface area contributed by atoms with Gasteiger partial charge in [-0.25, -0.2) is 0 Å². The Morgan fingerprint density at radius 1 is 0.900 bits per heavy atom. The Morgan fingerprint density at radius 2 is 1.54 bits per heavy atom. The van der Waals surface area contributed by atoms with Crippen molar-refractivity contribution in [2.75, 3.05) is 57.9 Å². The number of amides is 4. The molecule has 13 heteroatoms. The van der Waals surface area contributed by atoms with Crippen molar-refractivity contribution < 1.29 is 37.1 Å². The van der Waals surface area contributed by atoms with Gasteiger partial charge in [0.25, 0.3) is 0 Å². The van der Waals surface area contributed by atoms with Crippen molar-refractivity contribution >= 4 is 35.4 Å². The Hall–Kier alpha value is -5.17. The van der Waals surface area contributed by atoms with Gasteiger partial charge in [0.05, 0.1) is 12.2 Å². The van der Waals surface area contributed by atoms with Crippen LogP contribution in [0.5, 0.6) is 0 Å². The second kappa shape index (κ2) is 17.5. The van der Waals surface area contributed by atoms with E-state index in [4.69, 9.17) is 10.5 Å². The third-order valence-corrected chi connectivity index (χ3v) is 8.44. The maximum absolute atomic E-state index is 14.1. The number of anilines is 1. The van der Waals surface area contributed by atoms with E-state index in [1.54, 1.807) is 18.9 Å². The van der Waals surface area contributed by atoms with Crippen molar-refractivity contribution in [3.8, 4) is 0 Å². The number of nitrogens with two attached hydrogens (primary N) is 1. The first-order valence-corrected chi connectivity index (χ1v) is 16.2. The maximum Gasteiger partial charge on any atom is 0.416 e. The number of nitrogens with zero attached hydrogens (tertiary/aromatic N) is 4. The van der Waals surface area contributed by atoms with Crippen LogP contribution in [-0.4, -0.2) is 97.4 Å². The normalized spacial score (nSPS) is 14.0. The van der Waals surface area contributed by atoms with Crippen molar-refractivity contribution in [1.82, 2.24) is 14.7 Å². The van der Waals surface area contributed by atoms with E-state index in [2.05, 4.69) is 4.90 Å². The molecule has 0 aromatic heterocycles. The molecule has 4 rings (SSSR count). The number of rotatable bonds is 14. The number of halogens is 3. The average Bonchev–Trinajstić information content (AvgIpc) is 3.10. The molecule has 1 unspecified atom stereocenters. The monoisotopic (exact) mass is 693 g/mol. The molecular weight excluding hydrogens is 651 g/mol. The quantitative estimate of drug-likeness (QED) is 0.202. The van der Waals surface area contributed by atoms with Gasteiger partial charge in [0.1, 0.15) is 12.6 Å². The van der Waals surface area contributed by atoms with Crippen molar-refractivity contribution in [1.29, 1.82) is 0 Å². The second-order valence-electron chi connectivity index (χ2n) is 12.1. The van der Waals surface area contributed by atoms with Crippen molar-refractivity contribution in [2.45, 2.75) is 32.1 Å². The van der Waals surface area contributed by atoms with Crippen molar-refractivity contribution in [3.05, 3.63) is 107 Å². The van der Waals surface area contributed by atoms with Gasteiger partial charge in [-0.15, -0.1) is 0 Å². The molecule has 0 radical (unpaired) electrons. The van der Waals surface area contributed by atoms with E-state index in [9.17, 15) is 32.3 Å². The highest BCUT2D eigenvalue weighted by Gasteiger charge is 2.32. The zero-order valence-electron chi connectivity index (χ0n) is 28.1. The summed E-state index contributed by atoms with van der Waals surface area (Å²) in [4.78, 5) is 57.8. The predicted molar refractivity (Wildman–Crippen MR) is 184 cm³/mol. The zero-order valence-corrected chi connectivity index (χ0v) is 28.1. The van der Waals surface area contributed by atoms with Crippen LogP contribution < -0.4 is 10.6 Å². The Kier molecular flexibility index (Phi) is 13.2. The van der Waals surface area contributed by atoms with E-state index in [0.717, 1.165) is 28.9 Å². The Bertz CT molecular complexity index is 1620. The zero-order chi connectivity index (χ0) is 36.3. The van der Waals surface area contributed by atoms with Crippen LogP contribution in [0.25, 0.3) is 6.08 Å². The molecule has 1 atom stereocenters. The number of hydrogen-bond donors (Lipinski definition) is 1. The number of piperazine rings is 1. The summed E-state index contributed by atoms with van der Waals surface area (Å²) in [6, 6.07) is 20.4. The van der Waals surface area contributed by atoms with Crippen molar-refractivity contribution in [2.24, 2.45) is 5.73 Å².